The average molecular weight is 439 g/mol. The highest BCUT2D eigenvalue weighted by Crippen LogP contribution is 2.33. The van der Waals surface area contributed by atoms with Crippen molar-refractivity contribution in [3.63, 3.8) is 0 Å². The largest absolute Gasteiger partial charge is 0.480 e. The summed E-state index contributed by atoms with van der Waals surface area (Å²) in [5, 5.41) is 2.52. The third-order valence-electron chi connectivity index (χ3n) is 5.26. The van der Waals surface area contributed by atoms with Crippen molar-refractivity contribution in [3.05, 3.63) is 47.1 Å². The number of benzene rings is 1. The lowest BCUT2D eigenvalue weighted by atomic mass is 9.95. The van der Waals surface area contributed by atoms with E-state index in [1.54, 1.807) is 21.7 Å². The van der Waals surface area contributed by atoms with Crippen LogP contribution in [0.25, 0.3) is 10.2 Å². The Balaban J connectivity index is 1.54. The number of nitrogens with two attached hydrogens (primary N) is 1. The van der Waals surface area contributed by atoms with Gasteiger partial charge in [0.25, 0.3) is 5.91 Å². The van der Waals surface area contributed by atoms with Gasteiger partial charge in [0.05, 0.1) is 40.8 Å². The lowest BCUT2D eigenvalue weighted by Crippen LogP contribution is -2.44. The number of aromatic nitrogens is 2. The maximum Gasteiger partial charge on any atom is 0.313 e. The van der Waals surface area contributed by atoms with Gasteiger partial charge in [0.1, 0.15) is 5.56 Å². The molecule has 4 rings (SSSR count). The van der Waals surface area contributed by atoms with Crippen LogP contribution in [0.15, 0.2) is 36.0 Å². The Morgan fingerprint density at radius 2 is 2.06 bits per heavy atom. The molecule has 0 unspecified atom stereocenters. The summed E-state index contributed by atoms with van der Waals surface area (Å²) >= 11 is 1.56. The predicted octanol–water partition coefficient (Wildman–Crippen LogP) is 2.49. The van der Waals surface area contributed by atoms with Crippen LogP contribution in [-0.2, 0) is 9.59 Å². The number of carbonyl (C=O) groups is 3. The standard InChI is InChI=1S/C21H21N5O4S/c1-30-20-14(18(22)27)9-13(10-23-20)25-19(28)21(29)26-7-3-2-4-16(26)12-5-6-17-15(8-12)24-11-31-17/h5-6,8-11,16H,2-4,7H2,1H3,(H2,22,27)(H,25,28)/t16-/m0/s1. The molecule has 1 aliphatic rings. The number of rotatable bonds is 4. The smallest absolute Gasteiger partial charge is 0.313 e. The molecule has 3 amide bonds. The summed E-state index contributed by atoms with van der Waals surface area (Å²) in [4.78, 5) is 47.2. The molecular formula is C21H21N5O4S. The highest BCUT2D eigenvalue weighted by molar-refractivity contribution is 7.16. The van der Waals surface area contributed by atoms with E-state index in [0.29, 0.717) is 6.54 Å². The topological polar surface area (TPSA) is 128 Å². The van der Waals surface area contributed by atoms with Gasteiger partial charge in [0, 0.05) is 6.54 Å². The van der Waals surface area contributed by atoms with Crippen LogP contribution in [0.4, 0.5) is 5.69 Å². The van der Waals surface area contributed by atoms with Crippen molar-refractivity contribution in [2.24, 2.45) is 5.73 Å². The number of amides is 3. The Hall–Kier alpha value is -3.53. The summed E-state index contributed by atoms with van der Waals surface area (Å²) in [7, 11) is 1.36. The SMILES string of the molecule is COc1ncc(NC(=O)C(=O)N2CCCC[C@H]2c2ccc3scnc3c2)cc1C(N)=O. The zero-order chi connectivity index (χ0) is 22.0. The van der Waals surface area contributed by atoms with Gasteiger partial charge in [-0.05, 0) is 43.0 Å². The summed E-state index contributed by atoms with van der Waals surface area (Å²) in [5.41, 5.74) is 9.16. The Labute approximate surface area is 182 Å². The lowest BCUT2D eigenvalue weighted by Gasteiger charge is -2.35. The molecule has 1 saturated heterocycles. The van der Waals surface area contributed by atoms with Crippen LogP contribution in [0.5, 0.6) is 5.88 Å². The Kier molecular flexibility index (Phi) is 5.81. The van der Waals surface area contributed by atoms with E-state index in [-0.39, 0.29) is 23.2 Å². The fourth-order valence-electron chi connectivity index (χ4n) is 3.78. The van der Waals surface area contributed by atoms with Gasteiger partial charge < -0.3 is 20.7 Å². The van der Waals surface area contributed by atoms with Gasteiger partial charge in [-0.1, -0.05) is 6.07 Å². The summed E-state index contributed by atoms with van der Waals surface area (Å²) < 4.78 is 6.07. The van der Waals surface area contributed by atoms with Crippen molar-refractivity contribution in [2.45, 2.75) is 25.3 Å². The number of carbonyl (C=O) groups excluding carboxylic acids is 3. The minimum atomic E-state index is -0.802. The zero-order valence-corrected chi connectivity index (χ0v) is 17.6. The molecule has 1 fully saturated rings. The van der Waals surface area contributed by atoms with Gasteiger partial charge >= 0.3 is 11.8 Å². The Morgan fingerprint density at radius 3 is 2.84 bits per heavy atom. The number of piperidine rings is 1. The van der Waals surface area contributed by atoms with Crippen molar-refractivity contribution in [1.82, 2.24) is 14.9 Å². The molecule has 9 nitrogen and oxygen atoms in total. The maximum absolute atomic E-state index is 13.0. The second-order valence-corrected chi connectivity index (χ2v) is 8.08. The molecule has 1 atom stereocenters. The molecule has 3 N–H and O–H groups in total. The fraction of sp³-hybridized carbons (Fsp3) is 0.286. The van der Waals surface area contributed by atoms with E-state index >= 15 is 0 Å². The summed E-state index contributed by atoms with van der Waals surface area (Å²) in [6.07, 6.45) is 3.87. The molecule has 160 valence electrons. The first-order chi connectivity index (χ1) is 15.0. The number of hydrogen-bond acceptors (Lipinski definition) is 7. The normalized spacial score (nSPS) is 16.2. The molecule has 0 radical (unpaired) electrons. The van der Waals surface area contributed by atoms with Crippen molar-refractivity contribution in [1.29, 1.82) is 0 Å². The van der Waals surface area contributed by atoms with E-state index in [1.165, 1.54) is 19.4 Å². The van der Waals surface area contributed by atoms with E-state index in [0.717, 1.165) is 35.0 Å². The second-order valence-electron chi connectivity index (χ2n) is 7.19. The summed E-state index contributed by atoms with van der Waals surface area (Å²) in [6.45, 7) is 0.486. The maximum atomic E-state index is 13.0. The van der Waals surface area contributed by atoms with E-state index < -0.39 is 17.7 Å². The van der Waals surface area contributed by atoms with Crippen LogP contribution < -0.4 is 15.8 Å². The Bertz CT molecular complexity index is 1160. The number of fused-ring (bicyclic) bond motifs is 1. The second kappa shape index (κ2) is 8.68. The molecule has 31 heavy (non-hydrogen) atoms. The van der Waals surface area contributed by atoms with Gasteiger partial charge in [-0.25, -0.2) is 9.97 Å². The van der Waals surface area contributed by atoms with E-state index in [2.05, 4.69) is 15.3 Å². The van der Waals surface area contributed by atoms with Crippen LogP contribution in [0, 0.1) is 0 Å². The van der Waals surface area contributed by atoms with Crippen LogP contribution in [0.2, 0.25) is 0 Å². The zero-order valence-electron chi connectivity index (χ0n) is 16.8. The molecule has 10 heteroatoms. The number of methoxy groups -OCH3 is 1. The molecule has 0 saturated carbocycles. The van der Waals surface area contributed by atoms with Crippen molar-refractivity contribution < 1.29 is 19.1 Å². The first-order valence-electron chi connectivity index (χ1n) is 9.77. The number of primary amides is 1. The summed E-state index contributed by atoms with van der Waals surface area (Å²) in [6, 6.07) is 7.10. The average Bonchev–Trinajstić information content (AvgIpc) is 3.26. The lowest BCUT2D eigenvalue weighted by molar-refractivity contribution is -0.145. The minimum absolute atomic E-state index is 0.0140. The number of anilines is 1. The van der Waals surface area contributed by atoms with Crippen LogP contribution in [0.1, 0.15) is 41.2 Å². The molecule has 2 aromatic heterocycles. The monoisotopic (exact) mass is 439 g/mol. The molecule has 3 aromatic rings. The quantitative estimate of drug-likeness (QED) is 0.601. The van der Waals surface area contributed by atoms with E-state index in [4.69, 9.17) is 10.5 Å². The van der Waals surface area contributed by atoms with Gasteiger partial charge in [0.15, 0.2) is 0 Å². The third-order valence-corrected chi connectivity index (χ3v) is 6.07. The molecule has 3 heterocycles. The molecule has 0 spiro atoms. The van der Waals surface area contributed by atoms with Gasteiger partial charge in [-0.15, -0.1) is 11.3 Å². The van der Waals surface area contributed by atoms with Crippen LogP contribution in [0.3, 0.4) is 0 Å². The predicted molar refractivity (Wildman–Crippen MR) is 116 cm³/mol. The number of ether oxygens (including phenoxy) is 1. The molecule has 1 aliphatic heterocycles. The minimum Gasteiger partial charge on any atom is -0.480 e. The van der Waals surface area contributed by atoms with Crippen molar-refractivity contribution in [3.8, 4) is 5.88 Å². The van der Waals surface area contributed by atoms with Gasteiger partial charge in [0.2, 0.25) is 5.88 Å². The van der Waals surface area contributed by atoms with Crippen molar-refractivity contribution in [2.75, 3.05) is 19.0 Å². The van der Waals surface area contributed by atoms with E-state index in [9.17, 15) is 14.4 Å². The first kappa shape index (κ1) is 20.7. The van der Waals surface area contributed by atoms with Gasteiger partial charge in [-0.3, -0.25) is 14.4 Å². The first-order valence-corrected chi connectivity index (χ1v) is 10.6. The Morgan fingerprint density at radius 1 is 1.23 bits per heavy atom. The number of thiazole rings is 1. The highest BCUT2D eigenvalue weighted by Gasteiger charge is 2.32. The summed E-state index contributed by atoms with van der Waals surface area (Å²) in [5.74, 6) is -2.14. The molecule has 0 bridgehead atoms. The third kappa shape index (κ3) is 4.19. The van der Waals surface area contributed by atoms with Crippen LogP contribution >= 0.6 is 11.3 Å². The molecular weight excluding hydrogens is 418 g/mol. The van der Waals surface area contributed by atoms with E-state index in [1.807, 2.05) is 18.2 Å². The number of nitrogens with one attached hydrogen (secondary N) is 1. The number of pyridine rings is 1. The number of hydrogen-bond donors (Lipinski definition) is 2. The van der Waals surface area contributed by atoms with Crippen LogP contribution in [-0.4, -0.2) is 46.2 Å². The highest BCUT2D eigenvalue weighted by atomic mass is 32.1. The molecule has 0 aliphatic carbocycles. The number of nitrogens with zero attached hydrogens (tertiary/aromatic N) is 3. The number of likely N-dealkylation sites (tertiary alicyclic amines) is 1. The van der Waals surface area contributed by atoms with Crippen molar-refractivity contribution >= 4 is 45.0 Å². The van der Waals surface area contributed by atoms with Gasteiger partial charge in [-0.2, -0.15) is 0 Å². The molecule has 1 aromatic carbocycles. The fourth-order valence-corrected chi connectivity index (χ4v) is 4.44.